The normalized spacial score (nSPS) is 25.5. The number of carbonyl (C=O) groups is 2. The van der Waals surface area contributed by atoms with E-state index in [-0.39, 0.29) is 22.8 Å². The van der Waals surface area contributed by atoms with Crippen LogP contribution in [0.3, 0.4) is 0 Å². The van der Waals surface area contributed by atoms with Crippen LogP contribution in [0.15, 0.2) is 25.3 Å². The van der Waals surface area contributed by atoms with Crippen molar-refractivity contribution in [2.75, 3.05) is 13.2 Å². The van der Waals surface area contributed by atoms with Crippen LogP contribution in [0.25, 0.3) is 0 Å². The van der Waals surface area contributed by atoms with Crippen LogP contribution in [0, 0.1) is 58.7 Å². The predicted molar refractivity (Wildman–Crippen MR) is 127 cm³/mol. The summed E-state index contributed by atoms with van der Waals surface area (Å²) in [5.74, 6) is 12.9. The standard InChI is InChI=1S/2C9H14O2.C5H4.C4H6/c2*1-4-7-6-9(7,3)8(10)11-5-2;1-3-5-4-2;1-3-4-2/h2*4,7H,1,5-6H2,2-3H3;1H,2H3;1-2H3/t7-,9+;;;/m1.../s1. The Bertz CT molecular complexity index is 717. The Kier molecular flexibility index (Phi) is 15.5. The van der Waals surface area contributed by atoms with Crippen molar-refractivity contribution in [3.05, 3.63) is 25.3 Å². The maximum atomic E-state index is 11.2. The van der Waals surface area contributed by atoms with Crippen LogP contribution in [0.2, 0.25) is 0 Å². The summed E-state index contributed by atoms with van der Waals surface area (Å²) in [4.78, 5) is 22.5. The van der Waals surface area contributed by atoms with Crippen LogP contribution in [0.4, 0.5) is 0 Å². The second kappa shape index (κ2) is 15.9. The molecule has 0 N–H and O–H groups in total. The number of hydrogen-bond acceptors (Lipinski definition) is 4. The first kappa shape index (κ1) is 30.3. The van der Waals surface area contributed by atoms with Crippen molar-refractivity contribution >= 4 is 11.9 Å². The van der Waals surface area contributed by atoms with Crippen molar-refractivity contribution in [2.24, 2.45) is 22.7 Å². The van der Waals surface area contributed by atoms with E-state index >= 15 is 0 Å². The lowest BCUT2D eigenvalue weighted by Crippen LogP contribution is -2.17. The predicted octanol–water partition coefficient (Wildman–Crippen LogP) is 5.20. The number of carbonyl (C=O) groups excluding carboxylic acids is 2. The summed E-state index contributed by atoms with van der Waals surface area (Å²) in [6, 6.07) is 0. The van der Waals surface area contributed by atoms with E-state index in [1.165, 1.54) is 0 Å². The third-order valence-electron chi connectivity index (χ3n) is 5.10. The van der Waals surface area contributed by atoms with Crippen molar-refractivity contribution in [3.63, 3.8) is 0 Å². The Labute approximate surface area is 189 Å². The monoisotopic (exact) mass is 426 g/mol. The molecule has 0 spiro atoms. The van der Waals surface area contributed by atoms with Crippen molar-refractivity contribution in [2.45, 2.75) is 61.3 Å². The van der Waals surface area contributed by atoms with E-state index in [1.54, 1.807) is 6.92 Å². The molecule has 4 nitrogen and oxygen atoms in total. The first-order valence-corrected chi connectivity index (χ1v) is 10.4. The Morgan fingerprint density at radius 2 is 1.26 bits per heavy atom. The van der Waals surface area contributed by atoms with E-state index in [1.807, 2.05) is 53.7 Å². The van der Waals surface area contributed by atoms with E-state index < -0.39 is 0 Å². The Morgan fingerprint density at radius 3 is 1.39 bits per heavy atom. The molecular formula is C27H38O4. The van der Waals surface area contributed by atoms with Crippen molar-refractivity contribution in [1.29, 1.82) is 0 Å². The van der Waals surface area contributed by atoms with Gasteiger partial charge in [-0.15, -0.1) is 31.4 Å². The van der Waals surface area contributed by atoms with Crippen LogP contribution in [0.5, 0.6) is 0 Å². The highest BCUT2D eigenvalue weighted by molar-refractivity contribution is 5.81. The molecule has 0 aliphatic heterocycles. The zero-order valence-electron chi connectivity index (χ0n) is 20.3. The number of hydrogen-bond donors (Lipinski definition) is 0. The molecule has 0 saturated heterocycles. The van der Waals surface area contributed by atoms with E-state index in [4.69, 9.17) is 15.9 Å². The first-order chi connectivity index (χ1) is 14.6. The van der Waals surface area contributed by atoms with Gasteiger partial charge in [-0.2, -0.15) is 0 Å². The summed E-state index contributed by atoms with van der Waals surface area (Å²) >= 11 is 0. The lowest BCUT2D eigenvalue weighted by molar-refractivity contribution is -0.150. The van der Waals surface area contributed by atoms with Gasteiger partial charge in [0.1, 0.15) is 0 Å². The van der Waals surface area contributed by atoms with E-state index in [2.05, 4.69) is 42.8 Å². The molecule has 4 heteroatoms. The molecule has 0 amide bonds. The lowest BCUT2D eigenvalue weighted by Gasteiger charge is -2.07. The van der Waals surface area contributed by atoms with Gasteiger partial charge in [0.15, 0.2) is 0 Å². The maximum absolute atomic E-state index is 11.2. The fraction of sp³-hybridized carbons (Fsp3) is 0.556. The van der Waals surface area contributed by atoms with Crippen LogP contribution in [-0.2, 0) is 19.1 Å². The molecule has 0 heterocycles. The van der Waals surface area contributed by atoms with Crippen molar-refractivity contribution in [3.8, 4) is 36.0 Å². The van der Waals surface area contributed by atoms with Gasteiger partial charge in [0.05, 0.1) is 24.0 Å². The minimum Gasteiger partial charge on any atom is -0.466 e. The van der Waals surface area contributed by atoms with Crippen LogP contribution in [-0.4, -0.2) is 25.2 Å². The van der Waals surface area contributed by atoms with E-state index in [9.17, 15) is 9.59 Å². The summed E-state index contributed by atoms with van der Waals surface area (Å²) in [6.07, 6.45) is 10.2. The van der Waals surface area contributed by atoms with Crippen LogP contribution < -0.4 is 0 Å². The number of ether oxygens (including phenoxy) is 2. The summed E-state index contributed by atoms with van der Waals surface area (Å²) in [5.41, 5.74) is -0.504. The Balaban J connectivity index is 0. The highest BCUT2D eigenvalue weighted by Gasteiger charge is 2.56. The molecule has 2 rings (SSSR count). The molecule has 0 aromatic carbocycles. The molecule has 2 fully saturated rings. The molecule has 0 bridgehead atoms. The van der Waals surface area contributed by atoms with Crippen LogP contribution >= 0.6 is 0 Å². The van der Waals surface area contributed by atoms with Crippen molar-refractivity contribution < 1.29 is 19.1 Å². The Hall–Kier alpha value is -2.90. The molecule has 2 unspecified atom stereocenters. The van der Waals surface area contributed by atoms with Gasteiger partial charge in [-0.3, -0.25) is 9.59 Å². The van der Waals surface area contributed by atoms with Crippen LogP contribution in [0.1, 0.15) is 61.3 Å². The molecule has 170 valence electrons. The van der Waals surface area contributed by atoms with Gasteiger partial charge in [-0.05, 0) is 85.0 Å². The van der Waals surface area contributed by atoms with E-state index in [0.717, 1.165) is 12.8 Å². The molecule has 2 aliphatic rings. The topological polar surface area (TPSA) is 52.6 Å². The molecular weight excluding hydrogens is 388 g/mol. The van der Waals surface area contributed by atoms with Crippen molar-refractivity contribution in [1.82, 2.24) is 0 Å². The second-order valence-corrected chi connectivity index (χ2v) is 7.39. The zero-order chi connectivity index (χ0) is 24.5. The number of esters is 2. The largest absolute Gasteiger partial charge is 0.466 e. The smallest absolute Gasteiger partial charge is 0.312 e. The van der Waals surface area contributed by atoms with Gasteiger partial charge < -0.3 is 9.47 Å². The minimum absolute atomic E-state index is 0.0788. The van der Waals surface area contributed by atoms with Gasteiger partial charge in [0.25, 0.3) is 0 Å². The molecule has 0 radical (unpaired) electrons. The highest BCUT2D eigenvalue weighted by Crippen LogP contribution is 2.54. The zero-order valence-corrected chi connectivity index (χ0v) is 20.3. The van der Waals surface area contributed by atoms with Gasteiger partial charge in [-0.25, -0.2) is 0 Å². The number of terminal acetylenes is 1. The van der Waals surface area contributed by atoms with Gasteiger partial charge in [0, 0.05) is 0 Å². The fourth-order valence-electron chi connectivity index (χ4n) is 2.62. The van der Waals surface area contributed by atoms with Gasteiger partial charge in [0.2, 0.25) is 0 Å². The molecule has 2 aliphatic carbocycles. The summed E-state index contributed by atoms with van der Waals surface area (Å²) in [6.45, 7) is 21.1. The summed E-state index contributed by atoms with van der Waals surface area (Å²) in [5, 5.41) is 0. The maximum Gasteiger partial charge on any atom is 0.312 e. The average molecular weight is 427 g/mol. The third kappa shape index (κ3) is 10.6. The summed E-state index contributed by atoms with van der Waals surface area (Å²) in [7, 11) is 0. The Morgan fingerprint density at radius 1 is 0.903 bits per heavy atom. The second-order valence-electron chi connectivity index (χ2n) is 7.39. The lowest BCUT2D eigenvalue weighted by atomic mass is 10.1. The minimum atomic E-state index is -0.252. The molecule has 31 heavy (non-hydrogen) atoms. The summed E-state index contributed by atoms with van der Waals surface area (Å²) < 4.78 is 9.83. The number of rotatable bonds is 6. The number of allylic oxidation sites excluding steroid dienone is 2. The van der Waals surface area contributed by atoms with Gasteiger partial charge >= 0.3 is 11.9 Å². The molecule has 0 aromatic heterocycles. The quantitative estimate of drug-likeness (QED) is 0.333. The molecule has 4 atom stereocenters. The first-order valence-electron chi connectivity index (χ1n) is 10.4. The van der Waals surface area contributed by atoms with Gasteiger partial charge in [-0.1, -0.05) is 18.1 Å². The SMILES string of the molecule is C#CC#CC.C=CC1CC1(C)C(=O)OCC.C=C[C@@H]1C[C@]1(C)C(=O)OCC.CC#CC. The fourth-order valence-corrected chi connectivity index (χ4v) is 2.62. The average Bonchev–Trinajstić information content (AvgIpc) is 3.65. The highest BCUT2D eigenvalue weighted by atomic mass is 16.5. The molecule has 2 saturated carbocycles. The molecule has 0 aromatic rings. The third-order valence-corrected chi connectivity index (χ3v) is 5.10. The van der Waals surface area contributed by atoms with E-state index in [0.29, 0.717) is 25.0 Å².